The number of para-hydroxylation sites is 1. The van der Waals surface area contributed by atoms with E-state index in [4.69, 9.17) is 12.5 Å². The second-order valence-corrected chi connectivity index (χ2v) is 10.5. The zero-order chi connectivity index (χ0) is 27.8. The summed E-state index contributed by atoms with van der Waals surface area (Å²) in [5.41, 5.74) is 5.36. The molecule has 0 radical (unpaired) electrons. The molecule has 39 heavy (non-hydrogen) atoms. The van der Waals surface area contributed by atoms with E-state index in [0.717, 1.165) is 28.0 Å². The first-order chi connectivity index (χ1) is 18.9. The van der Waals surface area contributed by atoms with E-state index in [1.807, 2.05) is 74.5 Å². The molecule has 0 aliphatic rings. The van der Waals surface area contributed by atoms with Gasteiger partial charge in [0.05, 0.1) is 14.2 Å². The van der Waals surface area contributed by atoms with Crippen molar-refractivity contribution >= 4 is 27.0 Å². The second-order valence-electron chi connectivity index (χ2n) is 8.59. The molecular formula is C30H29IN3O5-. The van der Waals surface area contributed by atoms with Gasteiger partial charge in [-0.3, -0.25) is 0 Å². The van der Waals surface area contributed by atoms with Crippen LogP contribution in [-0.2, 0) is 0 Å². The predicted octanol–water partition coefficient (Wildman–Crippen LogP) is 4.25. The van der Waals surface area contributed by atoms with Gasteiger partial charge in [0.2, 0.25) is 0 Å². The summed E-state index contributed by atoms with van der Waals surface area (Å²) in [7, 11) is 3.22. The molecule has 0 fully saturated rings. The smallest absolute Gasteiger partial charge is 0.0775 e. The van der Waals surface area contributed by atoms with Gasteiger partial charge in [-0.05, 0) is 18.6 Å². The Morgan fingerprint density at radius 3 is 2.05 bits per heavy atom. The number of anilines is 3. The quantitative estimate of drug-likeness (QED) is 0.145. The first-order valence-electron chi connectivity index (χ1n) is 12.1. The summed E-state index contributed by atoms with van der Waals surface area (Å²) in [6.45, 7) is 3.88. The number of halogens is 1. The summed E-state index contributed by atoms with van der Waals surface area (Å²) in [5, 5.41) is 8.54. The molecule has 3 amide bonds. The molecule has 202 valence electrons. The van der Waals surface area contributed by atoms with Crippen LogP contribution < -0.4 is 50.1 Å². The minimum atomic E-state index is -1.21. The van der Waals surface area contributed by atoms with Gasteiger partial charge in [-0.15, -0.1) is 0 Å². The van der Waals surface area contributed by atoms with Gasteiger partial charge in [-0.25, -0.2) is 0 Å². The van der Waals surface area contributed by atoms with Gasteiger partial charge in [0, 0.05) is 5.56 Å². The number of hydrogen-bond donors (Lipinski definition) is 3. The van der Waals surface area contributed by atoms with Gasteiger partial charge < -0.3 is 4.74 Å². The number of urea groups is 1. The fraction of sp³-hybridized carbons (Fsp3) is 0.133. The number of nitrogens with one attached hydrogen (secondary N) is 3. The predicted molar refractivity (Wildman–Crippen MR) is 150 cm³/mol. The van der Waals surface area contributed by atoms with Gasteiger partial charge in [0.25, 0.3) is 0 Å². The molecule has 3 N–H and O–H groups in total. The van der Waals surface area contributed by atoms with Crippen LogP contribution in [0.4, 0.5) is 26.7 Å². The number of benzene rings is 4. The van der Waals surface area contributed by atoms with E-state index < -0.39 is 27.7 Å². The second kappa shape index (κ2) is 13.0. The van der Waals surface area contributed by atoms with Gasteiger partial charge in [0.1, 0.15) is 5.75 Å². The summed E-state index contributed by atoms with van der Waals surface area (Å²) >= 11 is -1.21. The molecule has 0 unspecified atom stereocenters. The van der Waals surface area contributed by atoms with Crippen molar-refractivity contribution in [3.63, 3.8) is 0 Å². The van der Waals surface area contributed by atoms with E-state index in [1.165, 1.54) is 0 Å². The first kappa shape index (κ1) is 27.8. The summed E-state index contributed by atoms with van der Waals surface area (Å²) in [6, 6.07) is 25.5. The minimum absolute atomic E-state index is 0.200. The number of carbonyl (C=O) groups is 2. The van der Waals surface area contributed by atoms with Gasteiger partial charge >= 0.3 is 178 Å². The van der Waals surface area contributed by atoms with Crippen LogP contribution in [-0.4, -0.2) is 24.2 Å². The van der Waals surface area contributed by atoms with Crippen molar-refractivity contribution in [1.29, 1.82) is 0 Å². The number of amides is 3. The van der Waals surface area contributed by atoms with Crippen LogP contribution in [0.25, 0.3) is 11.1 Å². The third kappa shape index (κ3) is 7.41. The van der Waals surface area contributed by atoms with E-state index in [0.29, 0.717) is 28.6 Å². The Labute approximate surface area is 238 Å². The fourth-order valence-corrected chi connectivity index (χ4v) is 4.99. The van der Waals surface area contributed by atoms with Gasteiger partial charge in [-0.2, -0.15) is 0 Å². The molecule has 0 atom stereocenters. The van der Waals surface area contributed by atoms with E-state index >= 15 is 0 Å². The van der Waals surface area contributed by atoms with E-state index in [2.05, 4.69) is 16.0 Å². The van der Waals surface area contributed by atoms with Crippen molar-refractivity contribution in [3.05, 3.63) is 96.1 Å². The van der Waals surface area contributed by atoms with E-state index in [-0.39, 0.29) is 3.91 Å². The number of carbonyl (C=O) groups excluding carboxylic acids is 2. The summed E-state index contributed by atoms with van der Waals surface area (Å²) in [4.78, 5) is 25.2. The standard InChI is InChI=1S/C30H29IN3O5/c1-19-10-14-24(27(16-19)37-3)25-15-13-22(18-28(25)38-4)33-30(36)34-26-17-21(12-11-20(26)2)32-29(35)31-39-23-8-6-5-7-9-23/h5-18H,1-4H3,(H,32,35)(H2,33,34,36)/q-1. The van der Waals surface area contributed by atoms with Crippen LogP contribution in [0.5, 0.6) is 17.2 Å². The average Bonchev–Trinajstić information content (AvgIpc) is 2.94. The van der Waals surface area contributed by atoms with Crippen molar-refractivity contribution in [2.45, 2.75) is 13.8 Å². The molecule has 0 heterocycles. The number of hydrogen-bond acceptors (Lipinski definition) is 5. The van der Waals surface area contributed by atoms with Crippen molar-refractivity contribution < 1.29 is 43.7 Å². The van der Waals surface area contributed by atoms with E-state index in [9.17, 15) is 9.59 Å². The molecule has 4 rings (SSSR count). The SMILES string of the molecule is COc1cc(C)ccc1-c1ccc(NC(=O)Nc2cc(NC(=O)[I-]Oc3ccccc3)ccc2C)cc1OC. The number of ether oxygens (including phenoxy) is 2. The summed E-state index contributed by atoms with van der Waals surface area (Å²) in [5.74, 6) is 1.99. The van der Waals surface area contributed by atoms with Crippen LogP contribution in [0, 0.1) is 13.8 Å². The van der Waals surface area contributed by atoms with Crippen LogP contribution >= 0.6 is 0 Å². The van der Waals surface area contributed by atoms with Gasteiger partial charge in [0.15, 0.2) is 0 Å². The Morgan fingerprint density at radius 1 is 0.692 bits per heavy atom. The molecule has 0 bridgehead atoms. The third-order valence-electron chi connectivity index (χ3n) is 5.78. The molecular weight excluding hydrogens is 609 g/mol. The van der Waals surface area contributed by atoms with Crippen molar-refractivity contribution in [3.8, 4) is 28.4 Å². The Balaban J connectivity index is 1.41. The van der Waals surface area contributed by atoms with Crippen molar-refractivity contribution in [1.82, 2.24) is 0 Å². The maximum atomic E-state index is 12.8. The number of methoxy groups -OCH3 is 2. The Hall–Kier alpha value is -4.25. The van der Waals surface area contributed by atoms with Crippen LogP contribution in [0.2, 0.25) is 0 Å². The summed E-state index contributed by atoms with van der Waals surface area (Å²) in [6.07, 6.45) is 0. The van der Waals surface area contributed by atoms with Crippen molar-refractivity contribution in [2.75, 3.05) is 30.2 Å². The molecule has 0 aliphatic heterocycles. The average molecular weight is 638 g/mol. The fourth-order valence-electron chi connectivity index (χ4n) is 3.82. The molecule has 0 aliphatic carbocycles. The molecule has 8 nitrogen and oxygen atoms in total. The third-order valence-corrected chi connectivity index (χ3v) is 7.17. The molecule has 0 saturated heterocycles. The summed E-state index contributed by atoms with van der Waals surface area (Å²) < 4.78 is 16.6. The normalized spacial score (nSPS) is 10.5. The van der Waals surface area contributed by atoms with Crippen LogP contribution in [0.15, 0.2) is 84.9 Å². The molecule has 0 saturated carbocycles. The molecule has 9 heteroatoms. The zero-order valence-electron chi connectivity index (χ0n) is 22.0. The topological polar surface area (TPSA) is 97.9 Å². The molecule has 4 aromatic carbocycles. The first-order valence-corrected chi connectivity index (χ1v) is 14.0. The molecule has 0 aromatic heterocycles. The maximum absolute atomic E-state index is 12.8. The van der Waals surface area contributed by atoms with Crippen LogP contribution in [0.1, 0.15) is 11.1 Å². The van der Waals surface area contributed by atoms with Crippen molar-refractivity contribution in [2.24, 2.45) is 0 Å². The number of rotatable bonds is 9. The molecule has 0 spiro atoms. The Bertz CT molecular complexity index is 1480. The molecule has 4 aromatic rings. The van der Waals surface area contributed by atoms with Gasteiger partial charge in [-0.1, -0.05) is 12.1 Å². The Morgan fingerprint density at radius 2 is 1.33 bits per heavy atom. The monoisotopic (exact) mass is 638 g/mol. The van der Waals surface area contributed by atoms with Crippen LogP contribution in [0.3, 0.4) is 0 Å². The van der Waals surface area contributed by atoms with E-state index in [1.54, 1.807) is 38.5 Å². The number of aryl methyl sites for hydroxylation is 2. The Kier molecular flexibility index (Phi) is 9.27. The zero-order valence-corrected chi connectivity index (χ0v) is 24.2. The minimum Gasteiger partial charge on any atom is 0.0775 e.